The number of alkyl halides is 13. The van der Waals surface area contributed by atoms with Crippen LogP contribution in [0.5, 0.6) is 0 Å². The molecule has 25 heavy (non-hydrogen) atoms. The first kappa shape index (κ1) is 24.0. The Labute approximate surface area is 131 Å². The van der Waals surface area contributed by atoms with Crippen LogP contribution in [0.4, 0.5) is 57.1 Å². The normalized spacial score (nSPS) is 15.6. The number of nitrogens with one attached hydrogen (secondary N) is 1. The van der Waals surface area contributed by atoms with Crippen molar-refractivity contribution in [2.45, 2.75) is 42.2 Å². The third-order valence-corrected chi connectivity index (χ3v) is 2.90. The van der Waals surface area contributed by atoms with Gasteiger partial charge in [-0.2, -0.15) is 57.1 Å². The third kappa shape index (κ3) is 3.90. The Bertz CT molecular complexity index is 445. The second-order valence-electron chi connectivity index (χ2n) is 4.72. The lowest BCUT2D eigenvalue weighted by atomic mass is 9.92. The molecule has 152 valence electrons. The van der Waals surface area contributed by atoms with Crippen LogP contribution in [0, 0.1) is 0 Å². The van der Waals surface area contributed by atoms with Crippen LogP contribution in [0.1, 0.15) is 6.42 Å². The van der Waals surface area contributed by atoms with Gasteiger partial charge in [-0.15, -0.1) is 0 Å². The Kier molecular flexibility index (Phi) is 6.69. The second kappa shape index (κ2) is 6.96. The zero-order valence-corrected chi connectivity index (χ0v) is 11.7. The molecule has 0 aliphatic carbocycles. The molecule has 0 aliphatic rings. The second-order valence-corrected chi connectivity index (χ2v) is 4.72. The number of halogens is 13. The lowest BCUT2D eigenvalue weighted by Crippen LogP contribution is -2.70. The van der Waals surface area contributed by atoms with Crippen molar-refractivity contribution >= 4 is 0 Å². The van der Waals surface area contributed by atoms with Gasteiger partial charge in [0, 0.05) is 19.5 Å². The first-order valence-corrected chi connectivity index (χ1v) is 6.08. The summed E-state index contributed by atoms with van der Waals surface area (Å²) in [7, 11) is 0. The fraction of sp³-hybridized carbons (Fsp3) is 1.00. The van der Waals surface area contributed by atoms with Crippen LogP contribution < -0.4 is 5.32 Å². The highest BCUT2D eigenvalue weighted by Crippen LogP contribution is 2.60. The SMILES string of the molecule is OCCNCCC(F)(F)C(F)(F)C(F)(F)C(F)(F)C(F)(F)C(F)(F)F. The highest BCUT2D eigenvalue weighted by Gasteiger charge is 2.90. The molecule has 0 bridgehead atoms. The summed E-state index contributed by atoms with van der Waals surface area (Å²) in [5, 5.41) is 10.0. The van der Waals surface area contributed by atoms with Crippen LogP contribution in [0.25, 0.3) is 0 Å². The molecule has 0 atom stereocenters. The Hall–Kier alpha value is -0.990. The minimum atomic E-state index is -7.87. The van der Waals surface area contributed by atoms with E-state index in [-0.39, 0.29) is 0 Å². The van der Waals surface area contributed by atoms with E-state index in [1.807, 2.05) is 0 Å². The van der Waals surface area contributed by atoms with E-state index in [1.165, 1.54) is 0 Å². The quantitative estimate of drug-likeness (QED) is 0.452. The van der Waals surface area contributed by atoms with E-state index in [0.717, 1.165) is 0 Å². The first-order valence-electron chi connectivity index (χ1n) is 6.08. The molecule has 0 fully saturated rings. The van der Waals surface area contributed by atoms with E-state index in [2.05, 4.69) is 0 Å². The van der Waals surface area contributed by atoms with Crippen LogP contribution in [0.2, 0.25) is 0 Å². The standard InChI is InChI=1S/C10H10F13NO/c11-5(12,1-2-24-3-4-25)6(13,14)7(15,16)8(17,18)9(19,20)10(21,22)23/h24-25H,1-4H2. The topological polar surface area (TPSA) is 32.3 Å². The molecule has 2 N–H and O–H groups in total. The molecule has 0 saturated carbocycles. The molecule has 0 amide bonds. The van der Waals surface area contributed by atoms with Gasteiger partial charge in [-0.25, -0.2) is 0 Å². The van der Waals surface area contributed by atoms with Crippen molar-refractivity contribution in [3.63, 3.8) is 0 Å². The summed E-state index contributed by atoms with van der Waals surface area (Å²) in [5.41, 5.74) is 0. The van der Waals surface area contributed by atoms with Crippen molar-refractivity contribution in [3.05, 3.63) is 0 Å². The molecule has 0 saturated heterocycles. The van der Waals surface area contributed by atoms with Crippen molar-refractivity contribution in [1.82, 2.24) is 5.32 Å². The van der Waals surface area contributed by atoms with Crippen molar-refractivity contribution in [2.75, 3.05) is 19.7 Å². The molecule has 0 aromatic rings. The predicted octanol–water partition coefficient (Wildman–Crippen LogP) is 3.70. The predicted molar refractivity (Wildman–Crippen MR) is 55.4 cm³/mol. The average Bonchev–Trinajstić information content (AvgIpc) is 2.41. The van der Waals surface area contributed by atoms with Crippen molar-refractivity contribution < 1.29 is 62.2 Å². The fourth-order valence-electron chi connectivity index (χ4n) is 1.41. The molecule has 0 aromatic carbocycles. The minimum absolute atomic E-state index is 0.500. The molecule has 0 unspecified atom stereocenters. The maximum Gasteiger partial charge on any atom is 0.460 e. The Morgan fingerprint density at radius 2 is 0.960 bits per heavy atom. The number of hydrogen-bond donors (Lipinski definition) is 2. The summed E-state index contributed by atoms with van der Waals surface area (Å²) in [5.74, 6) is -36.7. The van der Waals surface area contributed by atoms with Gasteiger partial charge in [0.15, 0.2) is 0 Å². The van der Waals surface area contributed by atoms with Crippen molar-refractivity contribution in [1.29, 1.82) is 0 Å². The van der Waals surface area contributed by atoms with Crippen LogP contribution in [-0.2, 0) is 0 Å². The van der Waals surface area contributed by atoms with Crippen LogP contribution >= 0.6 is 0 Å². The summed E-state index contributed by atoms with van der Waals surface area (Å²) in [6.07, 6.45) is -9.72. The number of aliphatic hydroxyl groups excluding tert-OH is 1. The maximum atomic E-state index is 13.1. The molecule has 0 aliphatic heterocycles. The van der Waals surface area contributed by atoms with E-state index in [9.17, 15) is 57.1 Å². The number of hydrogen-bond acceptors (Lipinski definition) is 2. The van der Waals surface area contributed by atoms with Gasteiger partial charge in [0.2, 0.25) is 0 Å². The number of aliphatic hydroxyl groups is 1. The summed E-state index contributed by atoms with van der Waals surface area (Å²) < 4.78 is 165. The van der Waals surface area contributed by atoms with Crippen LogP contribution in [0.3, 0.4) is 0 Å². The summed E-state index contributed by atoms with van der Waals surface area (Å²) in [6, 6.07) is 0. The van der Waals surface area contributed by atoms with E-state index in [1.54, 1.807) is 5.32 Å². The Balaban J connectivity index is 5.79. The fourth-order valence-corrected chi connectivity index (χ4v) is 1.41. The molecule has 0 spiro atoms. The Morgan fingerprint density at radius 3 is 1.32 bits per heavy atom. The van der Waals surface area contributed by atoms with Gasteiger partial charge < -0.3 is 10.4 Å². The molecule has 0 rings (SSSR count). The van der Waals surface area contributed by atoms with E-state index < -0.39 is 61.9 Å². The van der Waals surface area contributed by atoms with Gasteiger partial charge >= 0.3 is 35.8 Å². The molecule has 0 radical (unpaired) electrons. The highest BCUT2D eigenvalue weighted by molar-refractivity contribution is 5.10. The van der Waals surface area contributed by atoms with Crippen molar-refractivity contribution in [3.8, 4) is 0 Å². The largest absolute Gasteiger partial charge is 0.460 e. The first-order chi connectivity index (χ1) is 10.8. The molecular formula is C10H10F13NO. The van der Waals surface area contributed by atoms with E-state index in [4.69, 9.17) is 5.11 Å². The maximum absolute atomic E-state index is 13.1. The van der Waals surface area contributed by atoms with Crippen LogP contribution in [0.15, 0.2) is 0 Å². The molecule has 0 heterocycles. The van der Waals surface area contributed by atoms with Gasteiger partial charge in [-0.05, 0) is 0 Å². The average molecular weight is 407 g/mol. The van der Waals surface area contributed by atoms with Gasteiger partial charge in [-0.3, -0.25) is 0 Å². The molecular weight excluding hydrogens is 397 g/mol. The lowest BCUT2D eigenvalue weighted by Gasteiger charge is -2.39. The summed E-state index contributed by atoms with van der Waals surface area (Å²) >= 11 is 0. The van der Waals surface area contributed by atoms with Gasteiger partial charge in [0.25, 0.3) is 0 Å². The zero-order chi connectivity index (χ0) is 20.5. The van der Waals surface area contributed by atoms with E-state index in [0.29, 0.717) is 0 Å². The summed E-state index contributed by atoms with van der Waals surface area (Å²) in [4.78, 5) is 0. The highest BCUT2D eigenvalue weighted by atomic mass is 19.4. The Morgan fingerprint density at radius 1 is 0.560 bits per heavy atom. The smallest absolute Gasteiger partial charge is 0.395 e. The minimum Gasteiger partial charge on any atom is -0.395 e. The molecule has 15 heteroatoms. The van der Waals surface area contributed by atoms with E-state index >= 15 is 0 Å². The van der Waals surface area contributed by atoms with Gasteiger partial charge in [0.05, 0.1) is 6.61 Å². The summed E-state index contributed by atoms with van der Waals surface area (Å²) in [6.45, 7) is -2.48. The monoisotopic (exact) mass is 407 g/mol. The van der Waals surface area contributed by atoms with Crippen molar-refractivity contribution in [2.24, 2.45) is 0 Å². The molecule has 2 nitrogen and oxygen atoms in total. The lowest BCUT2D eigenvalue weighted by molar-refractivity contribution is -0.440. The third-order valence-electron chi connectivity index (χ3n) is 2.90. The van der Waals surface area contributed by atoms with Gasteiger partial charge in [-0.1, -0.05) is 0 Å². The molecule has 0 aromatic heterocycles. The van der Waals surface area contributed by atoms with Gasteiger partial charge in [0.1, 0.15) is 0 Å². The van der Waals surface area contributed by atoms with Crippen LogP contribution in [-0.4, -0.2) is 60.6 Å². The zero-order valence-electron chi connectivity index (χ0n) is 11.7. The number of rotatable bonds is 9.